The van der Waals surface area contributed by atoms with Gasteiger partial charge < -0.3 is 0 Å². The van der Waals surface area contributed by atoms with Crippen LogP contribution in [0.2, 0.25) is 5.02 Å². The molecule has 0 bridgehead atoms. The fraction of sp³-hybridized carbons (Fsp3) is 0.538. The summed E-state index contributed by atoms with van der Waals surface area (Å²) in [4.78, 5) is 0. The van der Waals surface area contributed by atoms with E-state index in [1.807, 2.05) is 6.07 Å². The maximum atomic E-state index is 13.3. The first-order valence-electron chi connectivity index (χ1n) is 5.85. The summed E-state index contributed by atoms with van der Waals surface area (Å²) in [5.74, 6) is 6.12. The monoisotopic (exact) mass is 258 g/mol. The third-order valence-electron chi connectivity index (χ3n) is 3.34. The minimum absolute atomic E-state index is 0.135. The van der Waals surface area contributed by atoms with Gasteiger partial charge in [0.05, 0.1) is 5.02 Å². The lowest BCUT2D eigenvalue weighted by atomic mass is 9.87. The standard InChI is InChI=1S/C13H20ClFN2/c1-8(2)9(3)13(17-16)7-10-4-5-11(14)12(15)6-10/h4-6,8-9,13,17H,7,16H2,1-3H3. The number of nitrogens with one attached hydrogen (secondary N) is 1. The third-order valence-corrected chi connectivity index (χ3v) is 3.65. The van der Waals surface area contributed by atoms with Gasteiger partial charge in [0.2, 0.25) is 0 Å². The second kappa shape index (κ2) is 6.34. The van der Waals surface area contributed by atoms with Crippen LogP contribution in [-0.4, -0.2) is 6.04 Å². The van der Waals surface area contributed by atoms with E-state index in [1.165, 1.54) is 6.07 Å². The summed E-state index contributed by atoms with van der Waals surface area (Å²) in [6.45, 7) is 6.44. The number of rotatable bonds is 5. The fourth-order valence-electron chi connectivity index (χ4n) is 1.78. The smallest absolute Gasteiger partial charge is 0.142 e. The average Bonchev–Trinajstić information content (AvgIpc) is 2.29. The van der Waals surface area contributed by atoms with Crippen molar-refractivity contribution >= 4 is 11.6 Å². The van der Waals surface area contributed by atoms with Crippen molar-refractivity contribution in [1.82, 2.24) is 5.43 Å². The summed E-state index contributed by atoms with van der Waals surface area (Å²) >= 11 is 5.65. The Labute approximate surface area is 107 Å². The van der Waals surface area contributed by atoms with Gasteiger partial charge in [0, 0.05) is 6.04 Å². The molecule has 2 unspecified atom stereocenters. The van der Waals surface area contributed by atoms with Crippen molar-refractivity contribution in [3.05, 3.63) is 34.6 Å². The van der Waals surface area contributed by atoms with Gasteiger partial charge in [0.15, 0.2) is 0 Å². The molecule has 0 fully saturated rings. The summed E-state index contributed by atoms with van der Waals surface area (Å²) in [6, 6.07) is 5.03. The molecule has 0 spiro atoms. The largest absolute Gasteiger partial charge is 0.271 e. The molecule has 0 radical (unpaired) electrons. The summed E-state index contributed by atoms with van der Waals surface area (Å²) in [5.41, 5.74) is 3.72. The minimum atomic E-state index is -0.378. The molecule has 2 nitrogen and oxygen atoms in total. The molecule has 96 valence electrons. The van der Waals surface area contributed by atoms with Crippen molar-refractivity contribution in [2.75, 3.05) is 0 Å². The molecule has 0 heterocycles. The number of nitrogens with two attached hydrogens (primary N) is 1. The molecule has 4 heteroatoms. The number of hydrogen-bond acceptors (Lipinski definition) is 2. The van der Waals surface area contributed by atoms with Gasteiger partial charge in [0.1, 0.15) is 5.82 Å². The first kappa shape index (κ1) is 14.4. The Bertz CT molecular complexity index is 368. The average molecular weight is 259 g/mol. The predicted octanol–water partition coefficient (Wildman–Crippen LogP) is 3.15. The van der Waals surface area contributed by atoms with Gasteiger partial charge in [-0.2, -0.15) is 0 Å². The van der Waals surface area contributed by atoms with E-state index in [0.29, 0.717) is 18.3 Å². The van der Waals surface area contributed by atoms with Crippen LogP contribution in [0.1, 0.15) is 26.3 Å². The van der Waals surface area contributed by atoms with Crippen molar-refractivity contribution in [3.8, 4) is 0 Å². The normalized spacial score (nSPS) is 15.0. The zero-order valence-electron chi connectivity index (χ0n) is 10.5. The van der Waals surface area contributed by atoms with Gasteiger partial charge >= 0.3 is 0 Å². The van der Waals surface area contributed by atoms with Crippen LogP contribution in [0.5, 0.6) is 0 Å². The van der Waals surface area contributed by atoms with Crippen molar-refractivity contribution in [2.24, 2.45) is 17.7 Å². The van der Waals surface area contributed by atoms with Gasteiger partial charge in [-0.25, -0.2) is 4.39 Å². The molecule has 0 aliphatic heterocycles. The second-order valence-corrected chi connectivity index (χ2v) is 5.24. The maximum Gasteiger partial charge on any atom is 0.142 e. The lowest BCUT2D eigenvalue weighted by Crippen LogP contribution is -2.43. The Morgan fingerprint density at radius 1 is 1.35 bits per heavy atom. The topological polar surface area (TPSA) is 38.0 Å². The van der Waals surface area contributed by atoms with E-state index in [0.717, 1.165) is 5.56 Å². The highest BCUT2D eigenvalue weighted by molar-refractivity contribution is 6.30. The Hall–Kier alpha value is -0.640. The molecule has 3 N–H and O–H groups in total. The SMILES string of the molecule is CC(C)C(C)C(Cc1ccc(Cl)c(F)c1)NN. The lowest BCUT2D eigenvalue weighted by Gasteiger charge is -2.26. The van der Waals surface area contributed by atoms with Gasteiger partial charge in [0.25, 0.3) is 0 Å². The van der Waals surface area contributed by atoms with Crippen molar-refractivity contribution in [2.45, 2.75) is 33.2 Å². The van der Waals surface area contributed by atoms with E-state index in [4.69, 9.17) is 17.4 Å². The van der Waals surface area contributed by atoms with Crippen LogP contribution >= 0.6 is 11.6 Å². The Kier molecular flexibility index (Phi) is 5.37. The molecular formula is C13H20ClFN2. The summed E-state index contributed by atoms with van der Waals surface area (Å²) in [7, 11) is 0. The molecule has 0 saturated heterocycles. The van der Waals surface area contributed by atoms with Gasteiger partial charge in [-0.1, -0.05) is 38.4 Å². The molecule has 0 aromatic heterocycles. The van der Waals surface area contributed by atoms with Crippen molar-refractivity contribution in [3.63, 3.8) is 0 Å². The van der Waals surface area contributed by atoms with Crippen molar-refractivity contribution < 1.29 is 4.39 Å². The van der Waals surface area contributed by atoms with Crippen LogP contribution < -0.4 is 11.3 Å². The molecule has 0 saturated carbocycles. The highest BCUT2D eigenvalue weighted by Crippen LogP contribution is 2.20. The first-order valence-corrected chi connectivity index (χ1v) is 6.23. The highest BCUT2D eigenvalue weighted by atomic mass is 35.5. The molecule has 0 aliphatic rings. The predicted molar refractivity (Wildman–Crippen MR) is 70.2 cm³/mol. The van der Waals surface area contributed by atoms with Crippen LogP contribution in [0.4, 0.5) is 4.39 Å². The Morgan fingerprint density at radius 2 is 2.00 bits per heavy atom. The van der Waals surface area contributed by atoms with Crippen molar-refractivity contribution in [1.29, 1.82) is 0 Å². The summed E-state index contributed by atoms with van der Waals surface area (Å²) < 4.78 is 13.3. The zero-order chi connectivity index (χ0) is 13.0. The van der Waals surface area contributed by atoms with E-state index < -0.39 is 0 Å². The molecule has 0 aliphatic carbocycles. The molecule has 0 amide bonds. The van der Waals surface area contributed by atoms with Crippen LogP contribution in [-0.2, 0) is 6.42 Å². The molecule has 2 atom stereocenters. The maximum absolute atomic E-state index is 13.3. The lowest BCUT2D eigenvalue weighted by molar-refractivity contribution is 0.299. The van der Waals surface area contributed by atoms with E-state index in [-0.39, 0.29) is 16.9 Å². The van der Waals surface area contributed by atoms with Crippen LogP contribution in [0.15, 0.2) is 18.2 Å². The van der Waals surface area contributed by atoms with E-state index in [9.17, 15) is 4.39 Å². The van der Waals surface area contributed by atoms with E-state index in [2.05, 4.69) is 26.2 Å². The molecule has 17 heavy (non-hydrogen) atoms. The first-order chi connectivity index (χ1) is 7.95. The zero-order valence-corrected chi connectivity index (χ0v) is 11.3. The Balaban J connectivity index is 2.77. The van der Waals surface area contributed by atoms with E-state index >= 15 is 0 Å². The second-order valence-electron chi connectivity index (χ2n) is 4.83. The third kappa shape index (κ3) is 3.95. The number of halogens is 2. The minimum Gasteiger partial charge on any atom is -0.271 e. The van der Waals surface area contributed by atoms with Crippen LogP contribution in [0.25, 0.3) is 0 Å². The van der Waals surface area contributed by atoms with Gasteiger partial charge in [-0.3, -0.25) is 11.3 Å². The van der Waals surface area contributed by atoms with E-state index in [1.54, 1.807) is 6.07 Å². The highest BCUT2D eigenvalue weighted by Gasteiger charge is 2.19. The van der Waals surface area contributed by atoms with Gasteiger partial charge in [-0.15, -0.1) is 0 Å². The fourth-order valence-corrected chi connectivity index (χ4v) is 1.90. The molecule has 1 aromatic rings. The Morgan fingerprint density at radius 3 is 2.47 bits per heavy atom. The summed E-state index contributed by atoms with van der Waals surface area (Å²) in [5, 5.41) is 0.155. The number of benzene rings is 1. The van der Waals surface area contributed by atoms with Gasteiger partial charge in [-0.05, 0) is 36.0 Å². The number of hydrazine groups is 1. The van der Waals surface area contributed by atoms with Crippen LogP contribution in [0.3, 0.4) is 0 Å². The summed E-state index contributed by atoms with van der Waals surface area (Å²) in [6.07, 6.45) is 0.698. The number of hydrogen-bond donors (Lipinski definition) is 2. The molecule has 1 rings (SSSR count). The molecule has 1 aromatic carbocycles. The quantitative estimate of drug-likeness (QED) is 0.629. The molecular weight excluding hydrogens is 239 g/mol. The van der Waals surface area contributed by atoms with Crippen LogP contribution in [0, 0.1) is 17.7 Å².